The van der Waals surface area contributed by atoms with Crippen LogP contribution < -0.4 is 0 Å². The first-order valence-electron chi connectivity index (χ1n) is 12.3. The molecule has 0 radical (unpaired) electrons. The molecule has 0 bridgehead atoms. The average molecular weight is 451 g/mol. The summed E-state index contributed by atoms with van der Waals surface area (Å²) in [6, 6.07) is 8.06. The second kappa shape index (κ2) is 10.4. The van der Waals surface area contributed by atoms with Crippen LogP contribution in [0.5, 0.6) is 0 Å². The zero-order valence-corrected chi connectivity index (χ0v) is 19.7. The van der Waals surface area contributed by atoms with E-state index in [9.17, 15) is 14.9 Å². The lowest BCUT2D eigenvalue weighted by Gasteiger charge is -2.31. The summed E-state index contributed by atoms with van der Waals surface area (Å²) in [6.07, 6.45) is 6.53. The number of nitrogens with one attached hydrogen (secondary N) is 1. The van der Waals surface area contributed by atoms with Gasteiger partial charge in [-0.05, 0) is 76.1 Å². The van der Waals surface area contributed by atoms with Crippen LogP contribution in [-0.4, -0.2) is 65.0 Å². The summed E-state index contributed by atoms with van der Waals surface area (Å²) in [5.41, 5.74) is 4.20. The minimum atomic E-state index is -0.249. The van der Waals surface area contributed by atoms with Gasteiger partial charge in [0.25, 0.3) is 0 Å². The number of aromatic amines is 1. The molecular weight excluding hydrogens is 416 g/mol. The van der Waals surface area contributed by atoms with Crippen molar-refractivity contribution in [3.8, 4) is 6.07 Å². The van der Waals surface area contributed by atoms with Crippen molar-refractivity contribution < 1.29 is 14.3 Å². The number of ether oxygens (including phenoxy) is 1. The van der Waals surface area contributed by atoms with E-state index in [1.807, 2.05) is 23.1 Å². The Labute approximate surface area is 195 Å². The van der Waals surface area contributed by atoms with Crippen molar-refractivity contribution in [2.24, 2.45) is 0 Å². The van der Waals surface area contributed by atoms with Crippen molar-refractivity contribution in [3.63, 3.8) is 0 Å². The number of amides is 1. The molecule has 176 valence electrons. The van der Waals surface area contributed by atoms with Crippen LogP contribution in [-0.2, 0) is 27.2 Å². The molecule has 0 saturated carbocycles. The van der Waals surface area contributed by atoms with E-state index in [1.165, 1.54) is 16.6 Å². The van der Waals surface area contributed by atoms with E-state index in [1.54, 1.807) is 6.92 Å². The van der Waals surface area contributed by atoms with E-state index in [0.717, 1.165) is 63.6 Å². The highest BCUT2D eigenvalue weighted by atomic mass is 16.5. The molecule has 1 amide bonds. The van der Waals surface area contributed by atoms with Gasteiger partial charge in [-0.3, -0.25) is 14.5 Å². The van der Waals surface area contributed by atoms with Gasteiger partial charge >= 0.3 is 5.97 Å². The molecule has 2 atom stereocenters. The van der Waals surface area contributed by atoms with Gasteiger partial charge in [0.2, 0.25) is 5.91 Å². The third-order valence-electron chi connectivity index (χ3n) is 7.15. The fourth-order valence-electron chi connectivity index (χ4n) is 5.59. The van der Waals surface area contributed by atoms with Crippen molar-refractivity contribution in [2.75, 3.05) is 26.2 Å². The largest absolute Gasteiger partial charge is 0.465 e. The molecule has 2 aliphatic rings. The monoisotopic (exact) mass is 450 g/mol. The average Bonchev–Trinajstić information content (AvgIpc) is 3.54. The summed E-state index contributed by atoms with van der Waals surface area (Å²) >= 11 is 0. The molecule has 1 aromatic heterocycles. The van der Waals surface area contributed by atoms with Gasteiger partial charge in [0.05, 0.1) is 30.8 Å². The van der Waals surface area contributed by atoms with Gasteiger partial charge in [-0.1, -0.05) is 13.0 Å². The highest BCUT2D eigenvalue weighted by Gasteiger charge is 2.38. The number of likely N-dealkylation sites (tertiary alicyclic amines) is 2. The SMILES string of the molecule is CCOC(=O)CN1CCC[C@@H]1C(=O)N1CCC[C@H]1CCc1[nH]c2cc(C#N)ccc2c1CC. The third-order valence-corrected chi connectivity index (χ3v) is 7.15. The molecule has 7 heteroatoms. The number of rotatable bonds is 8. The maximum atomic E-state index is 13.4. The lowest BCUT2D eigenvalue weighted by Crippen LogP contribution is -2.48. The number of aryl methyl sites for hydroxylation is 2. The topological polar surface area (TPSA) is 89.4 Å². The first-order valence-corrected chi connectivity index (χ1v) is 12.3. The Bertz CT molecular complexity index is 1050. The number of H-pyrrole nitrogens is 1. The molecule has 7 nitrogen and oxygen atoms in total. The summed E-state index contributed by atoms with van der Waals surface area (Å²) in [6.45, 7) is 6.10. The van der Waals surface area contributed by atoms with E-state index >= 15 is 0 Å². The lowest BCUT2D eigenvalue weighted by atomic mass is 10.0. The number of benzene rings is 1. The van der Waals surface area contributed by atoms with Crippen molar-refractivity contribution in [3.05, 3.63) is 35.0 Å². The zero-order valence-electron chi connectivity index (χ0n) is 19.7. The molecule has 0 aliphatic carbocycles. The fraction of sp³-hybridized carbons (Fsp3) is 0.577. The summed E-state index contributed by atoms with van der Waals surface area (Å²) in [5.74, 6) is -0.0778. The molecule has 1 aromatic carbocycles. The molecule has 0 spiro atoms. The zero-order chi connectivity index (χ0) is 23.4. The number of fused-ring (bicyclic) bond motifs is 1. The van der Waals surface area contributed by atoms with Gasteiger partial charge in [-0.15, -0.1) is 0 Å². The van der Waals surface area contributed by atoms with Crippen molar-refractivity contribution in [2.45, 2.75) is 70.9 Å². The lowest BCUT2D eigenvalue weighted by molar-refractivity contribution is -0.146. The van der Waals surface area contributed by atoms with E-state index < -0.39 is 0 Å². The Hall–Kier alpha value is -2.85. The van der Waals surface area contributed by atoms with Crippen LogP contribution in [0, 0.1) is 11.3 Å². The molecule has 0 unspecified atom stereocenters. The van der Waals surface area contributed by atoms with E-state index in [4.69, 9.17) is 4.74 Å². The first-order chi connectivity index (χ1) is 16.0. The Balaban J connectivity index is 1.43. The third kappa shape index (κ3) is 4.91. The van der Waals surface area contributed by atoms with Crippen LogP contribution in [0.2, 0.25) is 0 Å². The predicted molar refractivity (Wildman–Crippen MR) is 127 cm³/mol. The molecule has 2 aliphatic heterocycles. The second-order valence-corrected chi connectivity index (χ2v) is 9.11. The van der Waals surface area contributed by atoms with Gasteiger partial charge in [0.15, 0.2) is 0 Å². The van der Waals surface area contributed by atoms with Crippen LogP contribution in [0.4, 0.5) is 0 Å². The van der Waals surface area contributed by atoms with Crippen LogP contribution in [0.25, 0.3) is 10.9 Å². The minimum Gasteiger partial charge on any atom is -0.465 e. The predicted octanol–water partition coefficient (Wildman–Crippen LogP) is 3.55. The number of hydrogen-bond acceptors (Lipinski definition) is 5. The smallest absolute Gasteiger partial charge is 0.320 e. The van der Waals surface area contributed by atoms with Crippen molar-refractivity contribution in [1.29, 1.82) is 5.26 Å². The summed E-state index contributed by atoms with van der Waals surface area (Å²) in [7, 11) is 0. The molecule has 33 heavy (non-hydrogen) atoms. The number of hydrogen-bond donors (Lipinski definition) is 1. The number of esters is 1. The molecule has 4 rings (SSSR count). The quantitative estimate of drug-likeness (QED) is 0.621. The van der Waals surface area contributed by atoms with Crippen molar-refractivity contribution in [1.82, 2.24) is 14.8 Å². The number of nitrogens with zero attached hydrogens (tertiary/aromatic N) is 3. The highest BCUT2D eigenvalue weighted by molar-refractivity contribution is 5.86. The molecule has 1 N–H and O–H groups in total. The molecule has 2 fully saturated rings. The molecular formula is C26H34N4O3. The highest BCUT2D eigenvalue weighted by Crippen LogP contribution is 2.29. The van der Waals surface area contributed by atoms with E-state index in [0.29, 0.717) is 12.2 Å². The summed E-state index contributed by atoms with van der Waals surface area (Å²) < 4.78 is 5.10. The van der Waals surface area contributed by atoms with E-state index in [2.05, 4.69) is 22.9 Å². The Morgan fingerprint density at radius 2 is 2.03 bits per heavy atom. The second-order valence-electron chi connectivity index (χ2n) is 9.11. The fourth-order valence-corrected chi connectivity index (χ4v) is 5.59. The van der Waals surface area contributed by atoms with Crippen LogP contribution in [0.3, 0.4) is 0 Å². The molecule has 2 aromatic rings. The summed E-state index contributed by atoms with van der Waals surface area (Å²) in [5, 5.41) is 10.4. The Morgan fingerprint density at radius 1 is 1.21 bits per heavy atom. The standard InChI is InChI=1S/C26H34N4O3/c1-3-20-21-11-9-18(16-27)15-23(21)28-22(20)12-10-19-7-5-14-30(19)26(32)24-8-6-13-29(24)17-25(31)33-4-2/h9,11,15,19,24,28H,3-8,10,12-14,17H2,1-2H3/t19-,24+/m0/s1. The van der Waals surface area contributed by atoms with Gasteiger partial charge in [-0.2, -0.15) is 5.26 Å². The number of carbonyl (C=O) groups excluding carboxylic acids is 2. The van der Waals surface area contributed by atoms with Gasteiger partial charge < -0.3 is 14.6 Å². The van der Waals surface area contributed by atoms with Crippen molar-refractivity contribution >= 4 is 22.8 Å². The van der Waals surface area contributed by atoms with Crippen LogP contribution in [0.15, 0.2) is 18.2 Å². The Kier molecular flexibility index (Phi) is 7.34. The molecule has 3 heterocycles. The van der Waals surface area contributed by atoms with Crippen LogP contribution >= 0.6 is 0 Å². The minimum absolute atomic E-state index is 0.172. The maximum Gasteiger partial charge on any atom is 0.320 e. The number of aromatic nitrogens is 1. The number of nitriles is 1. The first kappa shape index (κ1) is 23.3. The normalized spacial score (nSPS) is 20.9. The number of carbonyl (C=O) groups is 2. The van der Waals surface area contributed by atoms with Gasteiger partial charge in [-0.25, -0.2) is 0 Å². The Morgan fingerprint density at radius 3 is 2.79 bits per heavy atom. The van der Waals surface area contributed by atoms with Gasteiger partial charge in [0.1, 0.15) is 0 Å². The van der Waals surface area contributed by atoms with Gasteiger partial charge in [0, 0.05) is 29.2 Å². The van der Waals surface area contributed by atoms with Crippen LogP contribution in [0.1, 0.15) is 62.8 Å². The van der Waals surface area contributed by atoms with E-state index in [-0.39, 0.29) is 30.5 Å². The molecule has 2 saturated heterocycles. The maximum absolute atomic E-state index is 13.4. The summed E-state index contributed by atoms with van der Waals surface area (Å²) in [4.78, 5) is 33.0.